The molecule has 2 unspecified atom stereocenters. The van der Waals surface area contributed by atoms with Crippen molar-refractivity contribution in [2.75, 3.05) is 19.6 Å². The average molecular weight is 439 g/mol. The summed E-state index contributed by atoms with van der Waals surface area (Å²) >= 11 is 0. The first kappa shape index (κ1) is 23.7. The SMILES string of the molecule is CC(C)(C)C(=O)N1CCCC1C(=O)NC(Cc1ccc2ccccc2c1)C(=O)NCCN. The molecule has 1 saturated heterocycles. The van der Waals surface area contributed by atoms with Gasteiger partial charge in [-0.15, -0.1) is 0 Å². The highest BCUT2D eigenvalue weighted by Gasteiger charge is 2.39. The van der Waals surface area contributed by atoms with Crippen LogP contribution in [0.5, 0.6) is 0 Å². The third kappa shape index (κ3) is 5.65. The van der Waals surface area contributed by atoms with Crippen LogP contribution < -0.4 is 16.4 Å². The summed E-state index contributed by atoms with van der Waals surface area (Å²) in [5, 5.41) is 7.90. The Bertz CT molecular complexity index is 983. The van der Waals surface area contributed by atoms with E-state index >= 15 is 0 Å². The molecule has 0 radical (unpaired) electrons. The van der Waals surface area contributed by atoms with Gasteiger partial charge in [-0.2, -0.15) is 0 Å². The van der Waals surface area contributed by atoms with E-state index in [-0.39, 0.29) is 17.7 Å². The highest BCUT2D eigenvalue weighted by molar-refractivity contribution is 5.93. The normalized spacial score (nSPS) is 17.2. The van der Waals surface area contributed by atoms with Gasteiger partial charge in [0.15, 0.2) is 0 Å². The van der Waals surface area contributed by atoms with Crippen molar-refractivity contribution >= 4 is 28.5 Å². The Labute approximate surface area is 189 Å². The van der Waals surface area contributed by atoms with Gasteiger partial charge >= 0.3 is 0 Å². The summed E-state index contributed by atoms with van der Waals surface area (Å²) < 4.78 is 0. The van der Waals surface area contributed by atoms with Crippen LogP contribution in [0.1, 0.15) is 39.2 Å². The van der Waals surface area contributed by atoms with Crippen LogP contribution in [0.3, 0.4) is 0 Å². The number of carbonyl (C=O) groups is 3. The molecule has 2 atom stereocenters. The smallest absolute Gasteiger partial charge is 0.243 e. The van der Waals surface area contributed by atoms with Crippen molar-refractivity contribution in [2.24, 2.45) is 11.1 Å². The molecule has 0 aromatic heterocycles. The van der Waals surface area contributed by atoms with Gasteiger partial charge < -0.3 is 21.3 Å². The van der Waals surface area contributed by atoms with E-state index in [1.165, 1.54) is 0 Å². The van der Waals surface area contributed by atoms with Gasteiger partial charge in [0.25, 0.3) is 0 Å². The molecule has 1 aliphatic rings. The molecule has 0 saturated carbocycles. The first-order valence-corrected chi connectivity index (χ1v) is 11.3. The third-order valence-electron chi connectivity index (χ3n) is 5.79. The second kappa shape index (κ2) is 10.1. The highest BCUT2D eigenvalue weighted by Crippen LogP contribution is 2.26. The average Bonchev–Trinajstić information content (AvgIpc) is 3.25. The largest absolute Gasteiger partial charge is 0.353 e. The molecular formula is C25H34N4O3. The van der Waals surface area contributed by atoms with Crippen LogP contribution in [0.15, 0.2) is 42.5 Å². The standard InChI is InChI=1S/C25H34N4O3/c1-25(2,3)24(32)29-14-6-9-21(29)23(31)28-20(22(30)27-13-12-26)16-17-10-11-18-7-4-5-8-19(18)15-17/h4-5,7-8,10-11,15,20-21H,6,9,12-14,16,26H2,1-3H3,(H,27,30)(H,28,31). The van der Waals surface area contributed by atoms with Crippen molar-refractivity contribution in [2.45, 2.75) is 52.1 Å². The molecule has 0 spiro atoms. The van der Waals surface area contributed by atoms with Crippen LogP contribution in [0.25, 0.3) is 10.8 Å². The van der Waals surface area contributed by atoms with Gasteiger partial charge in [-0.1, -0.05) is 63.2 Å². The summed E-state index contributed by atoms with van der Waals surface area (Å²) in [6.45, 7) is 6.77. The van der Waals surface area contributed by atoms with Crippen molar-refractivity contribution < 1.29 is 14.4 Å². The summed E-state index contributed by atoms with van der Waals surface area (Å²) in [7, 11) is 0. The molecule has 3 amide bonds. The molecule has 1 aliphatic heterocycles. The van der Waals surface area contributed by atoms with Gasteiger partial charge in [-0.25, -0.2) is 0 Å². The van der Waals surface area contributed by atoms with Crippen molar-refractivity contribution in [1.29, 1.82) is 0 Å². The Balaban J connectivity index is 1.78. The van der Waals surface area contributed by atoms with E-state index in [4.69, 9.17) is 5.73 Å². The summed E-state index contributed by atoms with van der Waals surface area (Å²) in [5.74, 6) is -0.605. The molecule has 1 heterocycles. The van der Waals surface area contributed by atoms with Crippen molar-refractivity contribution in [1.82, 2.24) is 15.5 Å². The number of hydrogen-bond donors (Lipinski definition) is 3. The van der Waals surface area contributed by atoms with Crippen LogP contribution in [0.2, 0.25) is 0 Å². The number of nitrogens with one attached hydrogen (secondary N) is 2. The summed E-state index contributed by atoms with van der Waals surface area (Å²) in [6, 6.07) is 12.7. The monoisotopic (exact) mass is 438 g/mol. The fourth-order valence-electron chi connectivity index (χ4n) is 4.11. The second-order valence-corrected chi connectivity index (χ2v) is 9.43. The first-order chi connectivity index (χ1) is 15.2. The molecule has 172 valence electrons. The number of rotatable bonds is 7. The van der Waals surface area contributed by atoms with Gasteiger partial charge in [-0.05, 0) is 29.2 Å². The van der Waals surface area contributed by atoms with Crippen molar-refractivity contribution in [3.05, 3.63) is 48.0 Å². The number of carbonyl (C=O) groups excluding carboxylic acids is 3. The lowest BCUT2D eigenvalue weighted by molar-refractivity contribution is -0.145. The minimum atomic E-state index is -0.748. The molecule has 3 rings (SSSR count). The fourth-order valence-corrected chi connectivity index (χ4v) is 4.11. The molecule has 7 nitrogen and oxygen atoms in total. The molecule has 7 heteroatoms. The van der Waals surface area contributed by atoms with Crippen molar-refractivity contribution in [3.63, 3.8) is 0 Å². The maximum atomic E-state index is 13.2. The summed E-state index contributed by atoms with van der Waals surface area (Å²) in [4.78, 5) is 40.5. The number of hydrogen-bond acceptors (Lipinski definition) is 4. The Kier molecular flexibility index (Phi) is 7.51. The van der Waals surface area contributed by atoms with Crippen LogP contribution in [-0.4, -0.2) is 54.3 Å². The second-order valence-electron chi connectivity index (χ2n) is 9.43. The van der Waals surface area contributed by atoms with Crippen LogP contribution in [0.4, 0.5) is 0 Å². The molecular weight excluding hydrogens is 404 g/mol. The van der Waals surface area contributed by atoms with Gasteiger partial charge in [-0.3, -0.25) is 14.4 Å². The zero-order valence-corrected chi connectivity index (χ0v) is 19.2. The quantitative estimate of drug-likeness (QED) is 0.615. The zero-order chi connectivity index (χ0) is 23.3. The predicted molar refractivity (Wildman–Crippen MR) is 126 cm³/mol. The van der Waals surface area contributed by atoms with E-state index in [2.05, 4.69) is 10.6 Å². The Hall–Kier alpha value is -2.93. The number of nitrogens with zero attached hydrogens (tertiary/aromatic N) is 1. The number of fused-ring (bicyclic) bond motifs is 1. The number of likely N-dealkylation sites (tertiary alicyclic amines) is 1. The predicted octanol–water partition coefficient (Wildman–Crippen LogP) is 1.98. The number of nitrogens with two attached hydrogens (primary N) is 1. The summed E-state index contributed by atoms with van der Waals surface area (Å²) in [6.07, 6.45) is 1.72. The Morgan fingerprint density at radius 1 is 1.12 bits per heavy atom. The maximum Gasteiger partial charge on any atom is 0.243 e. The zero-order valence-electron chi connectivity index (χ0n) is 19.2. The van der Waals surface area contributed by atoms with Crippen molar-refractivity contribution in [3.8, 4) is 0 Å². The van der Waals surface area contributed by atoms with Crippen LogP contribution in [0, 0.1) is 5.41 Å². The van der Waals surface area contributed by atoms with E-state index in [1.807, 2.05) is 63.2 Å². The number of amides is 3. The van der Waals surface area contributed by atoms with Gasteiger partial charge in [0, 0.05) is 31.5 Å². The van der Waals surface area contributed by atoms with E-state index in [1.54, 1.807) is 4.90 Å². The fraction of sp³-hybridized carbons (Fsp3) is 0.480. The van der Waals surface area contributed by atoms with E-state index < -0.39 is 17.5 Å². The molecule has 4 N–H and O–H groups in total. The van der Waals surface area contributed by atoms with Crippen LogP contribution >= 0.6 is 0 Å². The molecule has 1 fully saturated rings. The lowest BCUT2D eigenvalue weighted by Gasteiger charge is -2.31. The van der Waals surface area contributed by atoms with Crippen LogP contribution in [-0.2, 0) is 20.8 Å². The first-order valence-electron chi connectivity index (χ1n) is 11.3. The van der Waals surface area contributed by atoms with E-state index in [9.17, 15) is 14.4 Å². The molecule has 2 aromatic carbocycles. The molecule has 32 heavy (non-hydrogen) atoms. The van der Waals surface area contributed by atoms with E-state index in [0.717, 1.165) is 22.8 Å². The number of benzene rings is 2. The van der Waals surface area contributed by atoms with Gasteiger partial charge in [0.2, 0.25) is 17.7 Å². The third-order valence-corrected chi connectivity index (χ3v) is 5.79. The Morgan fingerprint density at radius 2 is 1.84 bits per heavy atom. The summed E-state index contributed by atoms with van der Waals surface area (Å²) in [5.41, 5.74) is 5.92. The Morgan fingerprint density at radius 3 is 2.53 bits per heavy atom. The molecule has 0 aliphatic carbocycles. The minimum Gasteiger partial charge on any atom is -0.353 e. The minimum absolute atomic E-state index is 0.0474. The van der Waals surface area contributed by atoms with Gasteiger partial charge in [0.05, 0.1) is 0 Å². The lowest BCUT2D eigenvalue weighted by Crippen LogP contribution is -2.55. The lowest BCUT2D eigenvalue weighted by atomic mass is 9.94. The maximum absolute atomic E-state index is 13.2. The molecule has 0 bridgehead atoms. The van der Waals surface area contributed by atoms with Gasteiger partial charge in [0.1, 0.15) is 12.1 Å². The highest BCUT2D eigenvalue weighted by atomic mass is 16.2. The molecule has 2 aromatic rings. The van der Waals surface area contributed by atoms with E-state index in [0.29, 0.717) is 32.5 Å². The topological polar surface area (TPSA) is 105 Å².